The van der Waals surface area contributed by atoms with Crippen LogP contribution in [0.2, 0.25) is 0 Å². The van der Waals surface area contributed by atoms with Gasteiger partial charge in [-0.05, 0) is 35.7 Å². The second kappa shape index (κ2) is 7.08. The molecular weight excluding hydrogens is 380 g/mol. The van der Waals surface area contributed by atoms with Crippen LogP contribution in [-0.4, -0.2) is 73.5 Å². The molecule has 0 bridgehead atoms. The Morgan fingerprint density at radius 1 is 0.931 bits per heavy atom. The van der Waals surface area contributed by atoms with Gasteiger partial charge in [-0.25, -0.2) is 0 Å². The lowest BCUT2D eigenvalue weighted by molar-refractivity contribution is -0.232. The lowest BCUT2D eigenvalue weighted by Gasteiger charge is -2.45. The quantitative estimate of drug-likeness (QED) is 0.409. The standard InChI is InChI=1S/C21H22O8/c1-8-5-10-14(21-20(28)19(27)17(25)13(7-22)29-21)9-3-2-4-11(23)15(9)18(26)16(10)12(24)6-8/h2-6,13-14,17,19-25,27-28H,7H2,1H3/t13-,14+,17+,19+,20-,21+/m1/s1. The normalized spacial score (nSPS) is 31.3. The summed E-state index contributed by atoms with van der Waals surface area (Å²) in [6.07, 6.45) is -6.94. The first-order valence-electron chi connectivity index (χ1n) is 9.26. The molecule has 1 heterocycles. The van der Waals surface area contributed by atoms with Crippen molar-refractivity contribution in [3.8, 4) is 11.5 Å². The van der Waals surface area contributed by atoms with Crippen molar-refractivity contribution in [2.75, 3.05) is 6.61 Å². The molecule has 154 valence electrons. The molecule has 29 heavy (non-hydrogen) atoms. The predicted molar refractivity (Wildman–Crippen MR) is 100.0 cm³/mol. The highest BCUT2D eigenvalue weighted by Gasteiger charge is 2.50. The molecule has 0 spiro atoms. The lowest BCUT2D eigenvalue weighted by Crippen LogP contribution is -2.60. The zero-order chi connectivity index (χ0) is 21.0. The van der Waals surface area contributed by atoms with Crippen molar-refractivity contribution in [2.45, 2.75) is 43.4 Å². The van der Waals surface area contributed by atoms with Crippen LogP contribution >= 0.6 is 0 Å². The van der Waals surface area contributed by atoms with Gasteiger partial charge in [0.2, 0.25) is 5.78 Å². The Bertz CT molecular complexity index is 969. The third kappa shape index (κ3) is 2.92. The maximum absolute atomic E-state index is 13.1. The number of ether oxygens (including phenoxy) is 1. The highest BCUT2D eigenvalue weighted by molar-refractivity contribution is 6.16. The van der Waals surface area contributed by atoms with E-state index in [0.29, 0.717) is 16.7 Å². The van der Waals surface area contributed by atoms with Crippen molar-refractivity contribution >= 4 is 5.78 Å². The number of aliphatic hydroxyl groups is 4. The number of benzene rings is 2. The van der Waals surface area contributed by atoms with Gasteiger partial charge >= 0.3 is 0 Å². The van der Waals surface area contributed by atoms with Crippen molar-refractivity contribution < 1.29 is 40.2 Å². The molecule has 2 aromatic carbocycles. The summed E-state index contributed by atoms with van der Waals surface area (Å²) in [5.41, 5.74) is 1.34. The molecule has 8 heteroatoms. The summed E-state index contributed by atoms with van der Waals surface area (Å²) in [4.78, 5) is 13.1. The Labute approximate surface area is 166 Å². The van der Waals surface area contributed by atoms with Gasteiger partial charge in [-0.3, -0.25) is 4.79 Å². The molecule has 0 unspecified atom stereocenters. The van der Waals surface area contributed by atoms with Crippen molar-refractivity contribution in [2.24, 2.45) is 0 Å². The molecule has 4 rings (SSSR count). The first-order chi connectivity index (χ1) is 13.8. The Morgan fingerprint density at radius 3 is 2.31 bits per heavy atom. The summed E-state index contributed by atoms with van der Waals surface area (Å²) in [6.45, 7) is 1.14. The number of fused-ring (bicyclic) bond motifs is 2. The molecule has 8 nitrogen and oxygen atoms in total. The topological polar surface area (TPSA) is 148 Å². The van der Waals surface area contributed by atoms with Gasteiger partial charge in [-0.1, -0.05) is 18.2 Å². The molecule has 6 atom stereocenters. The third-order valence-electron chi connectivity index (χ3n) is 5.75. The molecule has 0 amide bonds. The SMILES string of the molecule is Cc1cc(O)c2c(c1)[C@@H]([C@@H]1O[C@H](CO)[C@H](O)[C@H](O)[C@H]1O)c1cccc(O)c1C2=O. The van der Waals surface area contributed by atoms with Gasteiger partial charge in [0.25, 0.3) is 0 Å². The largest absolute Gasteiger partial charge is 0.507 e. The van der Waals surface area contributed by atoms with E-state index in [1.165, 1.54) is 12.1 Å². The number of carbonyl (C=O) groups excluding carboxylic acids is 1. The molecule has 2 aliphatic rings. The number of aliphatic hydroxyl groups excluding tert-OH is 4. The minimum Gasteiger partial charge on any atom is -0.507 e. The van der Waals surface area contributed by atoms with Gasteiger partial charge in [0.15, 0.2) is 0 Å². The van der Waals surface area contributed by atoms with E-state index in [2.05, 4.69) is 0 Å². The molecule has 1 fully saturated rings. The number of aryl methyl sites for hydroxylation is 1. The van der Waals surface area contributed by atoms with Crippen LogP contribution in [0.25, 0.3) is 0 Å². The molecule has 1 aliphatic heterocycles. The zero-order valence-corrected chi connectivity index (χ0v) is 15.6. The van der Waals surface area contributed by atoms with Gasteiger partial charge in [0, 0.05) is 5.92 Å². The highest BCUT2D eigenvalue weighted by atomic mass is 16.5. The number of rotatable bonds is 2. The molecular formula is C21H22O8. The van der Waals surface area contributed by atoms with Crippen molar-refractivity contribution in [1.82, 2.24) is 0 Å². The van der Waals surface area contributed by atoms with Crippen molar-refractivity contribution in [1.29, 1.82) is 0 Å². The number of hydrogen-bond donors (Lipinski definition) is 6. The van der Waals surface area contributed by atoms with E-state index in [-0.39, 0.29) is 22.6 Å². The van der Waals surface area contributed by atoms with Crippen LogP contribution in [-0.2, 0) is 4.74 Å². The molecule has 0 aromatic heterocycles. The van der Waals surface area contributed by atoms with Gasteiger partial charge in [0.1, 0.15) is 35.9 Å². The van der Waals surface area contributed by atoms with Crippen LogP contribution < -0.4 is 0 Å². The van der Waals surface area contributed by atoms with Crippen molar-refractivity contribution in [3.63, 3.8) is 0 Å². The Hall–Kier alpha value is -2.49. The first kappa shape index (κ1) is 19.8. The number of hydrogen-bond acceptors (Lipinski definition) is 8. The van der Waals surface area contributed by atoms with Crippen LogP contribution in [0, 0.1) is 6.92 Å². The van der Waals surface area contributed by atoms with Crippen LogP contribution in [0.5, 0.6) is 11.5 Å². The minimum atomic E-state index is -1.59. The number of aromatic hydroxyl groups is 2. The Morgan fingerprint density at radius 2 is 1.62 bits per heavy atom. The number of phenols is 2. The van der Waals surface area contributed by atoms with Gasteiger partial charge in [-0.15, -0.1) is 0 Å². The molecule has 6 N–H and O–H groups in total. The summed E-state index contributed by atoms with van der Waals surface area (Å²) in [7, 11) is 0. The van der Waals surface area contributed by atoms with E-state index >= 15 is 0 Å². The van der Waals surface area contributed by atoms with Crippen molar-refractivity contribution in [3.05, 3.63) is 58.1 Å². The van der Waals surface area contributed by atoms with Crippen LogP contribution in [0.1, 0.15) is 38.5 Å². The maximum atomic E-state index is 13.1. The van der Waals surface area contributed by atoms with E-state index in [1.807, 2.05) is 0 Å². The first-order valence-corrected chi connectivity index (χ1v) is 9.26. The van der Waals surface area contributed by atoms with Crippen LogP contribution in [0.4, 0.5) is 0 Å². The summed E-state index contributed by atoms with van der Waals surface area (Å²) < 4.78 is 5.75. The molecule has 1 saturated heterocycles. The second-order valence-corrected chi connectivity index (χ2v) is 7.59. The van der Waals surface area contributed by atoms with E-state index in [1.54, 1.807) is 25.1 Å². The Balaban J connectivity index is 1.95. The summed E-state index contributed by atoms with van der Waals surface area (Å²) in [5, 5.41) is 61.4. The predicted octanol–water partition coefficient (Wildman–Crippen LogP) is -0.0751. The smallest absolute Gasteiger partial charge is 0.201 e. The molecule has 2 aromatic rings. The van der Waals surface area contributed by atoms with E-state index in [0.717, 1.165) is 0 Å². The summed E-state index contributed by atoms with van der Waals surface area (Å²) in [6, 6.07) is 7.58. The minimum absolute atomic E-state index is 0.0217. The highest BCUT2D eigenvalue weighted by Crippen LogP contribution is 2.47. The Kier molecular flexibility index (Phi) is 4.84. The number of phenolic OH excluding ortho intramolecular Hbond substituents is 2. The summed E-state index contributed by atoms with van der Waals surface area (Å²) >= 11 is 0. The monoisotopic (exact) mass is 402 g/mol. The lowest BCUT2D eigenvalue weighted by atomic mass is 9.71. The van der Waals surface area contributed by atoms with E-state index in [4.69, 9.17) is 4.74 Å². The van der Waals surface area contributed by atoms with Gasteiger partial charge < -0.3 is 35.4 Å². The van der Waals surface area contributed by atoms with Crippen LogP contribution in [0.3, 0.4) is 0 Å². The van der Waals surface area contributed by atoms with E-state index in [9.17, 15) is 35.4 Å². The fraction of sp³-hybridized carbons (Fsp3) is 0.381. The van der Waals surface area contributed by atoms with Gasteiger partial charge in [-0.2, -0.15) is 0 Å². The zero-order valence-electron chi connectivity index (χ0n) is 15.6. The molecule has 0 radical (unpaired) electrons. The second-order valence-electron chi connectivity index (χ2n) is 7.59. The van der Waals surface area contributed by atoms with Crippen LogP contribution in [0.15, 0.2) is 30.3 Å². The molecule has 1 aliphatic carbocycles. The molecule has 0 saturated carbocycles. The fourth-order valence-corrected chi connectivity index (χ4v) is 4.40. The van der Waals surface area contributed by atoms with E-state index < -0.39 is 48.8 Å². The summed E-state index contributed by atoms with van der Waals surface area (Å²) in [5.74, 6) is -1.96. The van der Waals surface area contributed by atoms with Gasteiger partial charge in [0.05, 0.1) is 23.8 Å². The average Bonchev–Trinajstić information content (AvgIpc) is 2.67. The maximum Gasteiger partial charge on any atom is 0.201 e. The number of carbonyl (C=O) groups is 1. The fourth-order valence-electron chi connectivity index (χ4n) is 4.40. The third-order valence-corrected chi connectivity index (χ3v) is 5.75. The number of ketones is 1. The average molecular weight is 402 g/mol.